The lowest BCUT2D eigenvalue weighted by molar-refractivity contribution is -0.191. The highest BCUT2D eigenvalue weighted by atomic mass is 16.5. The van der Waals surface area contributed by atoms with Gasteiger partial charge in [0.15, 0.2) is 0 Å². The SMILES string of the molecule is CCOCCOCCCC(=O)C#CC(=O)NCCOCCOCCC(=O)O.O=C=O. The lowest BCUT2D eigenvalue weighted by Gasteiger charge is -2.05. The van der Waals surface area contributed by atoms with Gasteiger partial charge in [0.1, 0.15) is 0 Å². The fourth-order valence-corrected chi connectivity index (χ4v) is 1.65. The normalized spacial score (nSPS) is 9.37. The van der Waals surface area contributed by atoms with Crippen LogP contribution in [0.3, 0.4) is 0 Å². The van der Waals surface area contributed by atoms with Crippen LogP contribution in [-0.4, -0.2) is 88.3 Å². The third-order valence-corrected chi connectivity index (χ3v) is 2.95. The molecule has 0 aromatic heterocycles. The Labute approximate surface area is 175 Å². The number of rotatable bonds is 17. The van der Waals surface area contributed by atoms with Crippen LogP contribution in [0.1, 0.15) is 26.2 Å². The number of carboxylic acids is 1. The Morgan fingerprint density at radius 3 is 1.97 bits per heavy atom. The van der Waals surface area contributed by atoms with E-state index in [0.29, 0.717) is 39.5 Å². The lowest BCUT2D eigenvalue weighted by atomic mass is 10.2. The van der Waals surface area contributed by atoms with Gasteiger partial charge in [-0.05, 0) is 19.3 Å². The Balaban J connectivity index is 0. The van der Waals surface area contributed by atoms with Crippen molar-refractivity contribution in [2.45, 2.75) is 26.2 Å². The van der Waals surface area contributed by atoms with E-state index in [2.05, 4.69) is 17.2 Å². The summed E-state index contributed by atoms with van der Waals surface area (Å²) in [5, 5.41) is 10.9. The molecule has 0 atom stereocenters. The maximum atomic E-state index is 11.5. The summed E-state index contributed by atoms with van der Waals surface area (Å²) in [6.45, 7) is 5.27. The average molecular weight is 431 g/mol. The Bertz CT molecular complexity index is 561. The minimum absolute atomic E-state index is 0.0472. The van der Waals surface area contributed by atoms with Crippen molar-refractivity contribution in [3.63, 3.8) is 0 Å². The van der Waals surface area contributed by atoms with Crippen molar-refractivity contribution >= 4 is 23.8 Å². The predicted octanol–water partition coefficient (Wildman–Crippen LogP) is -0.567. The highest BCUT2D eigenvalue weighted by Crippen LogP contribution is 1.91. The lowest BCUT2D eigenvalue weighted by Crippen LogP contribution is -2.26. The molecule has 11 heteroatoms. The summed E-state index contributed by atoms with van der Waals surface area (Å²) in [6, 6.07) is 0. The van der Waals surface area contributed by atoms with Crippen LogP contribution in [0.2, 0.25) is 0 Å². The Kier molecular flexibility index (Phi) is 24.1. The first-order valence-electron chi connectivity index (χ1n) is 9.32. The first kappa shape index (κ1) is 29.6. The summed E-state index contributed by atoms with van der Waals surface area (Å²) < 4.78 is 20.6. The summed E-state index contributed by atoms with van der Waals surface area (Å²) in [6.07, 6.45) is 0.984. The van der Waals surface area contributed by atoms with Crippen molar-refractivity contribution in [1.82, 2.24) is 5.32 Å². The quantitative estimate of drug-likeness (QED) is 0.174. The van der Waals surface area contributed by atoms with Gasteiger partial charge in [0.2, 0.25) is 5.78 Å². The molecule has 1 amide bonds. The molecule has 30 heavy (non-hydrogen) atoms. The third-order valence-electron chi connectivity index (χ3n) is 2.95. The Hall–Kier alpha value is -2.61. The number of Topliss-reactive ketones (excluding diaryl/α,β-unsaturated/α-hetero) is 1. The summed E-state index contributed by atoms with van der Waals surface area (Å²) >= 11 is 0. The molecule has 2 N–H and O–H groups in total. The number of ketones is 1. The summed E-state index contributed by atoms with van der Waals surface area (Å²) in [5.41, 5.74) is 0. The first-order chi connectivity index (χ1) is 14.5. The van der Waals surface area contributed by atoms with Gasteiger partial charge < -0.3 is 29.4 Å². The van der Waals surface area contributed by atoms with E-state index in [1.54, 1.807) is 0 Å². The molecule has 0 aliphatic rings. The van der Waals surface area contributed by atoms with Crippen molar-refractivity contribution < 1.29 is 48.0 Å². The highest BCUT2D eigenvalue weighted by molar-refractivity contribution is 6.03. The van der Waals surface area contributed by atoms with Gasteiger partial charge in [-0.1, -0.05) is 0 Å². The summed E-state index contributed by atoms with van der Waals surface area (Å²) in [7, 11) is 0. The van der Waals surface area contributed by atoms with Gasteiger partial charge in [0.05, 0.1) is 46.1 Å². The number of carbonyl (C=O) groups is 3. The van der Waals surface area contributed by atoms with E-state index in [1.807, 2.05) is 6.92 Å². The monoisotopic (exact) mass is 431 g/mol. The topological polar surface area (TPSA) is 155 Å². The highest BCUT2D eigenvalue weighted by Gasteiger charge is 2.00. The number of carboxylic acid groups (broad SMARTS) is 1. The molecule has 0 aliphatic carbocycles. The van der Waals surface area contributed by atoms with Gasteiger partial charge >= 0.3 is 12.1 Å². The van der Waals surface area contributed by atoms with E-state index in [9.17, 15) is 14.4 Å². The minimum Gasteiger partial charge on any atom is -0.481 e. The number of amides is 1. The van der Waals surface area contributed by atoms with Gasteiger partial charge in [-0.2, -0.15) is 9.59 Å². The van der Waals surface area contributed by atoms with Gasteiger partial charge in [-0.3, -0.25) is 14.4 Å². The zero-order valence-electron chi connectivity index (χ0n) is 17.1. The second kappa shape index (κ2) is 24.4. The van der Waals surface area contributed by atoms with Crippen LogP contribution in [0, 0.1) is 11.8 Å². The molecule has 0 saturated carbocycles. The molecule has 0 rings (SSSR count). The molecule has 0 radical (unpaired) electrons. The number of hydrogen-bond acceptors (Lipinski definition) is 9. The number of hydrogen-bond donors (Lipinski definition) is 2. The maximum Gasteiger partial charge on any atom is 0.373 e. The largest absolute Gasteiger partial charge is 0.481 e. The minimum atomic E-state index is -0.913. The maximum absolute atomic E-state index is 11.5. The number of carbonyl (C=O) groups excluding carboxylic acids is 4. The second-order valence-electron chi connectivity index (χ2n) is 5.29. The van der Waals surface area contributed by atoms with Gasteiger partial charge in [0.25, 0.3) is 5.91 Å². The molecule has 0 fully saturated rings. The number of nitrogens with one attached hydrogen (secondary N) is 1. The summed E-state index contributed by atoms with van der Waals surface area (Å²) in [5.74, 6) is 2.75. The number of ether oxygens (including phenoxy) is 4. The van der Waals surface area contributed by atoms with E-state index < -0.39 is 11.9 Å². The Morgan fingerprint density at radius 1 is 0.800 bits per heavy atom. The van der Waals surface area contributed by atoms with Gasteiger partial charge in [-0.15, -0.1) is 0 Å². The second-order valence-corrected chi connectivity index (χ2v) is 5.29. The molecular weight excluding hydrogens is 402 g/mol. The standard InChI is InChI=1S/C18H29NO8.CO2/c1-2-24-12-13-25-9-3-4-16(20)5-6-17(21)19-8-11-27-15-14-26-10-7-18(22)23;2-1-3/h2-4,7-15H2,1H3,(H,19,21)(H,22,23);. The van der Waals surface area contributed by atoms with E-state index in [-0.39, 0.29) is 51.1 Å². The smallest absolute Gasteiger partial charge is 0.373 e. The summed E-state index contributed by atoms with van der Waals surface area (Å²) in [4.78, 5) is 49.5. The van der Waals surface area contributed by atoms with Crippen molar-refractivity contribution in [2.75, 3.05) is 59.4 Å². The van der Waals surface area contributed by atoms with E-state index >= 15 is 0 Å². The fraction of sp³-hybridized carbons (Fsp3) is 0.684. The molecule has 0 unspecified atom stereocenters. The van der Waals surface area contributed by atoms with Crippen molar-refractivity contribution in [1.29, 1.82) is 0 Å². The molecule has 0 bridgehead atoms. The zero-order valence-corrected chi connectivity index (χ0v) is 17.1. The number of aliphatic carboxylic acids is 1. The average Bonchev–Trinajstić information content (AvgIpc) is 2.70. The van der Waals surface area contributed by atoms with Crippen LogP contribution >= 0.6 is 0 Å². The van der Waals surface area contributed by atoms with Gasteiger partial charge in [0, 0.05) is 32.1 Å². The van der Waals surface area contributed by atoms with Crippen molar-refractivity contribution in [3.8, 4) is 11.8 Å². The van der Waals surface area contributed by atoms with E-state index in [0.717, 1.165) is 0 Å². The van der Waals surface area contributed by atoms with Crippen LogP contribution in [0.4, 0.5) is 0 Å². The van der Waals surface area contributed by atoms with Crippen LogP contribution in [0.5, 0.6) is 0 Å². The molecule has 11 nitrogen and oxygen atoms in total. The molecule has 0 aliphatic heterocycles. The Morgan fingerprint density at radius 2 is 1.37 bits per heavy atom. The van der Waals surface area contributed by atoms with Crippen molar-refractivity contribution in [2.24, 2.45) is 0 Å². The molecule has 0 spiro atoms. The van der Waals surface area contributed by atoms with Crippen LogP contribution in [-0.2, 0) is 42.9 Å². The molecule has 0 saturated heterocycles. The molecule has 0 heterocycles. The van der Waals surface area contributed by atoms with Crippen molar-refractivity contribution in [3.05, 3.63) is 0 Å². The van der Waals surface area contributed by atoms with Crippen LogP contribution < -0.4 is 5.32 Å². The third kappa shape index (κ3) is 27.6. The molecule has 0 aromatic rings. The van der Waals surface area contributed by atoms with E-state index in [1.165, 1.54) is 0 Å². The fourth-order valence-electron chi connectivity index (χ4n) is 1.65. The molecular formula is C19H29NO10. The zero-order chi connectivity index (χ0) is 22.9. The molecule has 170 valence electrons. The predicted molar refractivity (Wildman–Crippen MR) is 101 cm³/mol. The van der Waals surface area contributed by atoms with Crippen LogP contribution in [0.25, 0.3) is 0 Å². The first-order valence-corrected chi connectivity index (χ1v) is 9.32. The van der Waals surface area contributed by atoms with E-state index in [4.69, 9.17) is 33.6 Å². The molecule has 0 aromatic carbocycles. The van der Waals surface area contributed by atoms with Crippen LogP contribution in [0.15, 0.2) is 0 Å². The van der Waals surface area contributed by atoms with Gasteiger partial charge in [-0.25, -0.2) is 0 Å².